The number of nitrogens with one attached hydrogen (secondary N) is 1. The van der Waals surface area contributed by atoms with E-state index in [0.29, 0.717) is 0 Å². The van der Waals surface area contributed by atoms with Crippen LogP contribution in [0.2, 0.25) is 5.02 Å². The fourth-order valence-corrected chi connectivity index (χ4v) is 4.24. The van der Waals surface area contributed by atoms with Crippen molar-refractivity contribution < 1.29 is 21.9 Å². The van der Waals surface area contributed by atoms with E-state index in [2.05, 4.69) is 0 Å². The molecule has 1 rings (SSSR count). The molecule has 0 aliphatic heterocycles. The van der Waals surface area contributed by atoms with E-state index < -0.39 is 30.7 Å². The van der Waals surface area contributed by atoms with Gasteiger partial charge in [0.05, 0.1) is 10.7 Å². The lowest BCUT2D eigenvalue weighted by atomic mass is 10.3. The Morgan fingerprint density at radius 2 is 1.88 bits per heavy atom. The number of phenols is 1. The van der Waals surface area contributed by atoms with Crippen molar-refractivity contribution in [3.05, 3.63) is 23.2 Å². The first-order valence-electron chi connectivity index (χ1n) is 4.26. The van der Waals surface area contributed by atoms with Gasteiger partial charge in [0, 0.05) is 6.26 Å². The van der Waals surface area contributed by atoms with Crippen LogP contribution in [0.1, 0.15) is 0 Å². The maximum Gasteiger partial charge on any atom is 0.247 e. The summed E-state index contributed by atoms with van der Waals surface area (Å²) in [5.74, 6) is -0.453. The first-order valence-corrected chi connectivity index (χ1v) is 8.35. The molecule has 17 heavy (non-hydrogen) atoms. The Hall–Kier alpha value is -0.990. The number of aromatic hydroxyl groups is 1. The topological polar surface area (TPSA) is 101 Å². The molecular weight excluding hydrogens is 290 g/mol. The Kier molecular flexibility index (Phi) is 3.90. The molecular formula is C8H10ClNO5S2. The number of hydrogen-bond acceptors (Lipinski definition) is 5. The minimum atomic E-state index is -4.09. The van der Waals surface area contributed by atoms with E-state index in [1.165, 1.54) is 18.2 Å². The summed E-state index contributed by atoms with van der Waals surface area (Å²) in [6.45, 7) is 0. The van der Waals surface area contributed by atoms with E-state index in [9.17, 15) is 21.9 Å². The van der Waals surface area contributed by atoms with Crippen LogP contribution in [-0.4, -0.2) is 33.3 Å². The van der Waals surface area contributed by atoms with Crippen LogP contribution in [0, 0.1) is 0 Å². The van der Waals surface area contributed by atoms with Crippen LogP contribution in [-0.2, 0) is 19.9 Å². The van der Waals surface area contributed by atoms with Crippen molar-refractivity contribution in [3.8, 4) is 5.75 Å². The molecule has 0 saturated carbocycles. The minimum Gasteiger partial charge on any atom is -0.504 e. The summed E-state index contributed by atoms with van der Waals surface area (Å²) in [6.07, 6.45) is 0.796. The van der Waals surface area contributed by atoms with Gasteiger partial charge in [-0.15, -0.1) is 0 Å². The molecule has 0 amide bonds. The number of sulfone groups is 1. The zero-order valence-corrected chi connectivity index (χ0v) is 11.1. The second kappa shape index (κ2) is 4.71. The molecule has 0 heterocycles. The summed E-state index contributed by atoms with van der Waals surface area (Å²) < 4.78 is 46.6. The van der Waals surface area contributed by atoms with Gasteiger partial charge in [-0.2, -0.15) is 0 Å². The lowest BCUT2D eigenvalue weighted by Crippen LogP contribution is -2.22. The van der Waals surface area contributed by atoms with Gasteiger partial charge in [0.15, 0.2) is 20.7 Å². The van der Waals surface area contributed by atoms with E-state index in [0.717, 1.165) is 6.26 Å². The highest BCUT2D eigenvalue weighted by Crippen LogP contribution is 2.31. The van der Waals surface area contributed by atoms with E-state index in [1.807, 2.05) is 4.72 Å². The maximum absolute atomic E-state index is 11.4. The first-order chi connectivity index (χ1) is 7.61. The third kappa shape index (κ3) is 4.41. The molecule has 1 aromatic carbocycles. The predicted molar refractivity (Wildman–Crippen MR) is 65.4 cm³/mol. The summed E-state index contributed by atoms with van der Waals surface area (Å²) >= 11 is 5.57. The molecule has 0 fully saturated rings. The molecule has 2 N–H and O–H groups in total. The Morgan fingerprint density at radius 1 is 1.29 bits per heavy atom. The number of anilines is 1. The molecule has 0 aliphatic rings. The average Bonchev–Trinajstić information content (AvgIpc) is 2.08. The van der Waals surface area contributed by atoms with Crippen LogP contribution < -0.4 is 4.72 Å². The number of rotatable bonds is 4. The molecule has 1 aromatic rings. The van der Waals surface area contributed by atoms with Gasteiger partial charge in [0.25, 0.3) is 0 Å². The second-order valence-electron chi connectivity index (χ2n) is 3.40. The largest absolute Gasteiger partial charge is 0.504 e. The van der Waals surface area contributed by atoms with Gasteiger partial charge < -0.3 is 5.11 Å². The zero-order valence-electron chi connectivity index (χ0n) is 8.71. The Labute approximate surface area is 104 Å². The molecule has 6 nitrogen and oxygen atoms in total. The maximum atomic E-state index is 11.4. The minimum absolute atomic E-state index is 0.0374. The standard InChI is InChI=1S/C8H10ClNO5S2/c1-16(12,13)5-17(14,15)10-7-4-2-3-6(9)8(7)11/h2-4,10-11H,5H2,1H3. The summed E-state index contributed by atoms with van der Waals surface area (Å²) in [6, 6.07) is 4.05. The quantitative estimate of drug-likeness (QED) is 0.801. The number of benzene rings is 1. The third-order valence-electron chi connectivity index (χ3n) is 1.62. The number of sulfonamides is 1. The highest BCUT2D eigenvalue weighted by molar-refractivity contribution is 8.08. The fraction of sp³-hybridized carbons (Fsp3) is 0.250. The monoisotopic (exact) mass is 299 g/mol. The van der Waals surface area contributed by atoms with E-state index >= 15 is 0 Å². The van der Waals surface area contributed by atoms with Crippen LogP contribution in [0.3, 0.4) is 0 Å². The Balaban J connectivity index is 3.03. The van der Waals surface area contributed by atoms with Crippen LogP contribution in [0.4, 0.5) is 5.69 Å². The zero-order chi connectivity index (χ0) is 13.3. The smallest absolute Gasteiger partial charge is 0.247 e. The van der Waals surface area contributed by atoms with Gasteiger partial charge in [-0.3, -0.25) is 4.72 Å². The number of phenolic OH excluding ortho intramolecular Hbond substituents is 1. The molecule has 0 aromatic heterocycles. The predicted octanol–water partition coefficient (Wildman–Crippen LogP) is 0.789. The SMILES string of the molecule is CS(=O)(=O)CS(=O)(=O)Nc1cccc(Cl)c1O. The summed E-state index contributed by atoms with van der Waals surface area (Å²) in [4.78, 5) is 0. The fourth-order valence-electron chi connectivity index (χ4n) is 1.08. The highest BCUT2D eigenvalue weighted by Gasteiger charge is 2.19. The van der Waals surface area contributed by atoms with E-state index in [1.54, 1.807) is 0 Å². The van der Waals surface area contributed by atoms with Gasteiger partial charge in [-0.25, -0.2) is 16.8 Å². The Bertz CT molecular complexity index is 623. The molecule has 0 aliphatic carbocycles. The highest BCUT2D eigenvalue weighted by atomic mass is 35.5. The van der Waals surface area contributed by atoms with Crippen LogP contribution in [0.15, 0.2) is 18.2 Å². The van der Waals surface area contributed by atoms with Gasteiger partial charge in [0.2, 0.25) is 10.0 Å². The molecule has 0 saturated heterocycles. The van der Waals surface area contributed by atoms with Crippen molar-refractivity contribution in [2.75, 3.05) is 16.1 Å². The normalized spacial score (nSPS) is 12.4. The molecule has 0 radical (unpaired) electrons. The van der Waals surface area contributed by atoms with Crippen molar-refractivity contribution in [1.82, 2.24) is 0 Å². The lowest BCUT2D eigenvalue weighted by molar-refractivity contribution is 0.478. The molecule has 0 spiro atoms. The van der Waals surface area contributed by atoms with Crippen molar-refractivity contribution in [1.29, 1.82) is 0 Å². The molecule has 0 bridgehead atoms. The van der Waals surface area contributed by atoms with E-state index in [4.69, 9.17) is 11.6 Å². The van der Waals surface area contributed by atoms with Crippen molar-refractivity contribution >= 4 is 37.1 Å². The lowest BCUT2D eigenvalue weighted by Gasteiger charge is -2.09. The average molecular weight is 300 g/mol. The number of hydrogen-bond donors (Lipinski definition) is 2. The van der Waals surface area contributed by atoms with Gasteiger partial charge in [-0.1, -0.05) is 17.7 Å². The summed E-state index contributed by atoms with van der Waals surface area (Å²) in [5.41, 5.74) is -0.166. The van der Waals surface area contributed by atoms with Gasteiger partial charge >= 0.3 is 0 Å². The molecule has 0 atom stereocenters. The van der Waals surface area contributed by atoms with Gasteiger partial charge in [0.1, 0.15) is 0 Å². The van der Waals surface area contributed by atoms with Crippen molar-refractivity contribution in [3.63, 3.8) is 0 Å². The Morgan fingerprint density at radius 3 is 2.41 bits per heavy atom. The summed E-state index contributed by atoms with van der Waals surface area (Å²) in [5, 5.41) is 8.35. The second-order valence-corrected chi connectivity index (χ2v) is 8.03. The molecule has 96 valence electrons. The molecule has 0 unspecified atom stereocenters. The van der Waals surface area contributed by atoms with E-state index in [-0.39, 0.29) is 10.7 Å². The third-order valence-corrected chi connectivity index (χ3v) is 5.41. The van der Waals surface area contributed by atoms with Gasteiger partial charge in [-0.05, 0) is 12.1 Å². The van der Waals surface area contributed by atoms with Crippen LogP contribution >= 0.6 is 11.6 Å². The number of halogens is 1. The first kappa shape index (κ1) is 14.1. The van der Waals surface area contributed by atoms with Crippen molar-refractivity contribution in [2.45, 2.75) is 0 Å². The van der Waals surface area contributed by atoms with Crippen LogP contribution in [0.5, 0.6) is 5.75 Å². The molecule has 9 heteroatoms. The van der Waals surface area contributed by atoms with Crippen molar-refractivity contribution in [2.24, 2.45) is 0 Å². The number of para-hydroxylation sites is 1. The summed E-state index contributed by atoms with van der Waals surface area (Å²) in [7, 11) is -7.78. The van der Waals surface area contributed by atoms with Crippen LogP contribution in [0.25, 0.3) is 0 Å².